The molecule has 2 nitrogen and oxygen atoms in total. The van der Waals surface area contributed by atoms with E-state index in [0.29, 0.717) is 17.0 Å². The Morgan fingerprint density at radius 3 is 2.64 bits per heavy atom. The van der Waals surface area contributed by atoms with E-state index in [1.165, 1.54) is 0 Å². The standard InChI is InChI=1S/C22H20ClNO/c23-21-9-5-4-8-20(21)22(25)16-18-11-13-19(24-15-14-18)12-10-17-6-2-1-3-7-17/h1-13,18H,14-16H2/b12-10+. The van der Waals surface area contributed by atoms with Crippen molar-refractivity contribution in [2.45, 2.75) is 12.8 Å². The minimum atomic E-state index is 0.0866. The molecule has 1 unspecified atom stereocenters. The number of Topliss-reactive ketones (excluding diaryl/α,β-unsaturated/α-hetero) is 1. The first-order valence-corrected chi connectivity index (χ1v) is 8.84. The zero-order chi connectivity index (χ0) is 17.5. The Morgan fingerprint density at radius 2 is 1.84 bits per heavy atom. The van der Waals surface area contributed by atoms with E-state index >= 15 is 0 Å². The molecule has 0 spiro atoms. The lowest BCUT2D eigenvalue weighted by Crippen LogP contribution is -2.08. The molecular weight excluding hydrogens is 330 g/mol. The number of nitrogens with zero attached hydrogens (tertiary/aromatic N) is 1. The van der Waals surface area contributed by atoms with Crippen molar-refractivity contribution in [3.05, 3.63) is 89.0 Å². The number of carbonyl (C=O) groups is 1. The maximum Gasteiger partial charge on any atom is 0.164 e. The Hall–Kier alpha value is -2.45. The average Bonchev–Trinajstić information content (AvgIpc) is 2.86. The van der Waals surface area contributed by atoms with Crippen molar-refractivity contribution in [3.63, 3.8) is 0 Å². The lowest BCUT2D eigenvalue weighted by molar-refractivity contribution is 0.0968. The van der Waals surface area contributed by atoms with Crippen LogP contribution in [0.4, 0.5) is 0 Å². The van der Waals surface area contributed by atoms with Crippen LogP contribution in [0.15, 0.2) is 77.8 Å². The predicted molar refractivity (Wildman–Crippen MR) is 105 cm³/mol. The van der Waals surface area contributed by atoms with E-state index in [1.54, 1.807) is 12.1 Å². The van der Waals surface area contributed by atoms with Gasteiger partial charge in [-0.2, -0.15) is 0 Å². The normalized spacial score (nSPS) is 17.3. The number of aliphatic imine (C=N–C) groups is 1. The van der Waals surface area contributed by atoms with E-state index < -0.39 is 0 Å². The molecule has 2 aromatic carbocycles. The molecule has 0 bridgehead atoms. The van der Waals surface area contributed by atoms with Gasteiger partial charge in [0.2, 0.25) is 0 Å². The Kier molecular flexibility index (Phi) is 5.97. The summed E-state index contributed by atoms with van der Waals surface area (Å²) in [5.74, 6) is 0.277. The highest BCUT2D eigenvalue weighted by Gasteiger charge is 2.16. The third-order valence-electron chi connectivity index (χ3n) is 4.20. The van der Waals surface area contributed by atoms with Crippen molar-refractivity contribution >= 4 is 29.2 Å². The summed E-state index contributed by atoms with van der Waals surface area (Å²) in [6.45, 7) is 0.724. The van der Waals surface area contributed by atoms with E-state index in [0.717, 1.165) is 24.2 Å². The van der Waals surface area contributed by atoms with Gasteiger partial charge >= 0.3 is 0 Å². The Labute approximate surface area is 153 Å². The van der Waals surface area contributed by atoms with Crippen molar-refractivity contribution in [3.8, 4) is 0 Å². The molecule has 25 heavy (non-hydrogen) atoms. The van der Waals surface area contributed by atoms with Crippen LogP contribution in [0.2, 0.25) is 5.02 Å². The summed E-state index contributed by atoms with van der Waals surface area (Å²) in [7, 11) is 0. The van der Waals surface area contributed by atoms with Gasteiger partial charge in [0, 0.05) is 18.5 Å². The van der Waals surface area contributed by atoms with Crippen LogP contribution in [0.25, 0.3) is 6.08 Å². The number of benzene rings is 2. The topological polar surface area (TPSA) is 29.4 Å². The molecule has 3 heteroatoms. The number of ketones is 1. The molecule has 0 aromatic heterocycles. The van der Waals surface area contributed by atoms with Crippen molar-refractivity contribution < 1.29 is 4.79 Å². The minimum Gasteiger partial charge on any atom is -0.294 e. The summed E-state index contributed by atoms with van der Waals surface area (Å²) >= 11 is 6.12. The van der Waals surface area contributed by atoms with Gasteiger partial charge < -0.3 is 0 Å². The van der Waals surface area contributed by atoms with Crippen molar-refractivity contribution in [1.82, 2.24) is 0 Å². The number of allylic oxidation sites excluding steroid dienone is 3. The average molecular weight is 350 g/mol. The Bertz CT molecular complexity index is 821. The monoisotopic (exact) mass is 349 g/mol. The van der Waals surface area contributed by atoms with E-state index in [-0.39, 0.29) is 11.7 Å². The van der Waals surface area contributed by atoms with Crippen molar-refractivity contribution in [2.24, 2.45) is 10.9 Å². The van der Waals surface area contributed by atoms with Crippen LogP contribution in [0, 0.1) is 5.92 Å². The molecule has 0 radical (unpaired) electrons. The fourth-order valence-corrected chi connectivity index (χ4v) is 3.04. The summed E-state index contributed by atoms with van der Waals surface area (Å²) < 4.78 is 0. The van der Waals surface area contributed by atoms with Crippen molar-refractivity contribution in [2.75, 3.05) is 6.54 Å². The molecule has 126 valence electrons. The molecule has 0 fully saturated rings. The number of hydrogen-bond donors (Lipinski definition) is 0. The molecule has 0 aliphatic carbocycles. The highest BCUT2D eigenvalue weighted by Crippen LogP contribution is 2.22. The molecule has 3 rings (SSSR count). The second kappa shape index (κ2) is 8.59. The van der Waals surface area contributed by atoms with E-state index in [1.807, 2.05) is 42.5 Å². The fraction of sp³-hybridized carbons (Fsp3) is 0.182. The fourth-order valence-electron chi connectivity index (χ4n) is 2.80. The van der Waals surface area contributed by atoms with E-state index in [4.69, 9.17) is 11.6 Å². The largest absolute Gasteiger partial charge is 0.294 e. The first-order chi connectivity index (χ1) is 12.2. The minimum absolute atomic E-state index is 0.0866. The highest BCUT2D eigenvalue weighted by atomic mass is 35.5. The van der Waals surface area contributed by atoms with Gasteiger partial charge in [-0.25, -0.2) is 0 Å². The van der Waals surface area contributed by atoms with Gasteiger partial charge in [-0.1, -0.05) is 66.2 Å². The third-order valence-corrected chi connectivity index (χ3v) is 4.53. The van der Waals surface area contributed by atoms with Gasteiger partial charge in [0.25, 0.3) is 0 Å². The molecular formula is C22H20ClNO. The summed E-state index contributed by atoms with van der Waals surface area (Å²) in [6.07, 6.45) is 9.51. The lowest BCUT2D eigenvalue weighted by Gasteiger charge is -2.10. The molecule has 0 saturated heterocycles. The maximum absolute atomic E-state index is 12.5. The first kappa shape index (κ1) is 17.4. The van der Waals surface area contributed by atoms with Crippen LogP contribution in [-0.4, -0.2) is 18.0 Å². The van der Waals surface area contributed by atoms with Crippen LogP contribution in [-0.2, 0) is 0 Å². The predicted octanol–water partition coefficient (Wildman–Crippen LogP) is 5.64. The van der Waals surface area contributed by atoms with Gasteiger partial charge in [0.15, 0.2) is 5.78 Å². The summed E-state index contributed by atoms with van der Waals surface area (Å²) in [5, 5.41) is 0.521. The summed E-state index contributed by atoms with van der Waals surface area (Å²) in [6, 6.07) is 17.4. The second-order valence-corrected chi connectivity index (χ2v) is 6.47. The molecule has 1 heterocycles. The molecule has 0 amide bonds. The van der Waals surface area contributed by atoms with Gasteiger partial charge in [-0.3, -0.25) is 9.79 Å². The molecule has 0 N–H and O–H groups in total. The molecule has 0 saturated carbocycles. The quantitative estimate of drug-likeness (QED) is 0.642. The number of hydrogen-bond acceptors (Lipinski definition) is 2. The van der Waals surface area contributed by atoms with Crippen LogP contribution in [0.3, 0.4) is 0 Å². The van der Waals surface area contributed by atoms with Gasteiger partial charge in [-0.15, -0.1) is 0 Å². The number of rotatable bonds is 5. The van der Waals surface area contributed by atoms with Crippen LogP contribution >= 0.6 is 11.6 Å². The molecule has 2 aromatic rings. The van der Waals surface area contributed by atoms with Gasteiger partial charge in [0.1, 0.15) is 0 Å². The Balaban J connectivity index is 1.62. The number of halogens is 1. The smallest absolute Gasteiger partial charge is 0.164 e. The molecule has 1 atom stereocenters. The lowest BCUT2D eigenvalue weighted by atomic mass is 9.95. The zero-order valence-corrected chi connectivity index (χ0v) is 14.7. The van der Waals surface area contributed by atoms with Crippen LogP contribution in [0.1, 0.15) is 28.8 Å². The van der Waals surface area contributed by atoms with Gasteiger partial charge in [-0.05, 0) is 42.2 Å². The van der Waals surface area contributed by atoms with Gasteiger partial charge in [0.05, 0.1) is 10.7 Å². The van der Waals surface area contributed by atoms with Crippen molar-refractivity contribution in [1.29, 1.82) is 0 Å². The SMILES string of the molecule is O=C(CC1C=CC(/C=C/c2ccccc2)=NCC1)c1ccccc1Cl. The third kappa shape index (κ3) is 5.01. The van der Waals surface area contributed by atoms with E-state index in [9.17, 15) is 4.79 Å². The molecule has 1 aliphatic heterocycles. The summed E-state index contributed by atoms with van der Waals surface area (Å²) in [5.41, 5.74) is 2.69. The van der Waals surface area contributed by atoms with Crippen LogP contribution in [0.5, 0.6) is 0 Å². The summed E-state index contributed by atoms with van der Waals surface area (Å²) in [4.78, 5) is 17.1. The first-order valence-electron chi connectivity index (χ1n) is 8.46. The second-order valence-electron chi connectivity index (χ2n) is 6.07. The Morgan fingerprint density at radius 1 is 1.08 bits per heavy atom. The van der Waals surface area contributed by atoms with E-state index in [2.05, 4.69) is 29.3 Å². The van der Waals surface area contributed by atoms with Crippen LogP contribution < -0.4 is 0 Å². The molecule has 1 aliphatic rings. The number of carbonyl (C=O) groups excluding carboxylic acids is 1. The maximum atomic E-state index is 12.5. The highest BCUT2D eigenvalue weighted by molar-refractivity contribution is 6.33. The zero-order valence-electron chi connectivity index (χ0n) is 13.9.